The standard InChI is InChI=1S/C11H9.C5H5.Fe/c1-2-6-10(7-3-1)11-8-4-5-9-11;1-2-4-5-3-1;/h1-9H;1-5H;. The maximum absolute atomic E-state index is 2.12. The van der Waals surface area contributed by atoms with Crippen molar-refractivity contribution in [1.82, 2.24) is 0 Å². The van der Waals surface area contributed by atoms with E-state index in [1.807, 2.05) is 38.2 Å². The fraction of sp³-hybridized carbons (Fsp3) is 0. The van der Waals surface area contributed by atoms with Gasteiger partial charge >= 0.3 is 0 Å². The molecule has 0 aliphatic heterocycles. The van der Waals surface area contributed by atoms with Crippen LogP contribution in [0, 0.1) is 63.7 Å². The van der Waals surface area contributed by atoms with Crippen LogP contribution < -0.4 is 0 Å². The van der Waals surface area contributed by atoms with E-state index >= 15 is 0 Å². The molecule has 0 saturated heterocycles. The van der Waals surface area contributed by atoms with E-state index in [1.54, 1.807) is 0 Å². The first-order valence-electron chi connectivity index (χ1n) is 5.40. The Morgan fingerprint density at radius 3 is 1.47 bits per heavy atom. The molecule has 0 bridgehead atoms. The zero-order valence-electron chi connectivity index (χ0n) is 9.44. The molecule has 2 fully saturated rings. The first-order chi connectivity index (χ1) is 7.97. The van der Waals surface area contributed by atoms with Crippen LogP contribution in [0.15, 0.2) is 30.3 Å². The van der Waals surface area contributed by atoms with Gasteiger partial charge in [-0.2, -0.15) is 0 Å². The molecule has 2 aliphatic rings. The van der Waals surface area contributed by atoms with Crippen molar-refractivity contribution in [2.75, 3.05) is 0 Å². The molecule has 0 N–H and O–H groups in total. The summed E-state index contributed by atoms with van der Waals surface area (Å²) in [4.78, 5) is 0. The molecule has 86 valence electrons. The molecule has 0 unspecified atom stereocenters. The summed E-state index contributed by atoms with van der Waals surface area (Å²) in [5, 5.41) is 0. The summed E-state index contributed by atoms with van der Waals surface area (Å²) in [5.41, 5.74) is 1.29. The molecule has 10 radical (unpaired) electrons. The van der Waals surface area contributed by atoms with Gasteiger partial charge in [0.15, 0.2) is 0 Å². The molecule has 0 amide bonds. The number of benzene rings is 1. The molecule has 1 aromatic rings. The molecule has 17 heavy (non-hydrogen) atoms. The van der Waals surface area contributed by atoms with Crippen molar-refractivity contribution in [2.45, 2.75) is 0 Å². The summed E-state index contributed by atoms with van der Waals surface area (Å²) < 4.78 is 0. The molecule has 1 heteroatoms. The summed E-state index contributed by atoms with van der Waals surface area (Å²) in [7, 11) is 0. The Bertz CT molecular complexity index is 263. The van der Waals surface area contributed by atoms with E-state index in [0.29, 0.717) is 0 Å². The minimum Gasteiger partial charge on any atom is -0.0622 e. The van der Waals surface area contributed by atoms with Crippen LogP contribution in [0.2, 0.25) is 0 Å². The summed E-state index contributed by atoms with van der Waals surface area (Å²) in [6.07, 6.45) is 18.4. The van der Waals surface area contributed by atoms with Crippen molar-refractivity contribution in [1.29, 1.82) is 0 Å². The van der Waals surface area contributed by atoms with Gasteiger partial charge < -0.3 is 0 Å². The Morgan fingerprint density at radius 1 is 0.529 bits per heavy atom. The van der Waals surface area contributed by atoms with Crippen molar-refractivity contribution in [3.05, 3.63) is 99.6 Å². The average Bonchev–Trinajstić information content (AvgIpc) is 3.07. The third kappa shape index (κ3) is 5.27. The van der Waals surface area contributed by atoms with Gasteiger partial charge in [-0.1, -0.05) is 30.3 Å². The number of rotatable bonds is 1. The van der Waals surface area contributed by atoms with E-state index < -0.39 is 0 Å². The smallest absolute Gasteiger partial charge is 0.0124 e. The summed E-state index contributed by atoms with van der Waals surface area (Å²) in [6, 6.07) is 10.4. The van der Waals surface area contributed by atoms with Gasteiger partial charge in [0.25, 0.3) is 0 Å². The van der Waals surface area contributed by atoms with Crippen LogP contribution >= 0.6 is 0 Å². The zero-order chi connectivity index (χ0) is 11.1. The fourth-order valence-electron chi connectivity index (χ4n) is 1.52. The van der Waals surface area contributed by atoms with Gasteiger partial charge in [-0.05, 0) is 63.4 Å². The molecule has 2 saturated carbocycles. The first-order valence-corrected chi connectivity index (χ1v) is 5.40. The zero-order valence-corrected chi connectivity index (χ0v) is 10.5. The molecule has 1 aromatic carbocycles. The third-order valence-electron chi connectivity index (χ3n) is 2.33. The first kappa shape index (κ1) is 14.8. The molecule has 2 aliphatic carbocycles. The van der Waals surface area contributed by atoms with Crippen LogP contribution in [0.3, 0.4) is 0 Å². The van der Waals surface area contributed by atoms with Crippen LogP contribution in [0.5, 0.6) is 0 Å². The predicted octanol–water partition coefficient (Wildman–Crippen LogP) is 3.46. The maximum Gasteiger partial charge on any atom is 0.0124 e. The Labute approximate surface area is 117 Å². The SMILES string of the molecule is [CH]1[CH][CH][CH][CH]1.[CH]1[CH][CH][C](c2ccccc2)[CH]1.[Fe]. The summed E-state index contributed by atoms with van der Waals surface area (Å²) >= 11 is 0. The molecule has 0 atom stereocenters. The van der Waals surface area contributed by atoms with E-state index in [2.05, 4.69) is 49.9 Å². The second-order valence-electron chi connectivity index (χ2n) is 3.50. The fourth-order valence-corrected chi connectivity index (χ4v) is 1.52. The molecule has 0 aromatic heterocycles. The Morgan fingerprint density at radius 2 is 1.00 bits per heavy atom. The Hall–Kier alpha value is -0.261. The summed E-state index contributed by atoms with van der Waals surface area (Å²) in [6.45, 7) is 0. The van der Waals surface area contributed by atoms with Gasteiger partial charge in [0.05, 0.1) is 0 Å². The molecule has 0 nitrogen and oxygen atoms in total. The van der Waals surface area contributed by atoms with Crippen LogP contribution in [-0.4, -0.2) is 0 Å². The van der Waals surface area contributed by atoms with E-state index in [0.717, 1.165) is 0 Å². The van der Waals surface area contributed by atoms with Gasteiger partial charge in [0, 0.05) is 23.0 Å². The third-order valence-corrected chi connectivity index (χ3v) is 2.33. The van der Waals surface area contributed by atoms with E-state index in [1.165, 1.54) is 11.5 Å². The van der Waals surface area contributed by atoms with Gasteiger partial charge in [0.1, 0.15) is 0 Å². The van der Waals surface area contributed by atoms with E-state index in [9.17, 15) is 0 Å². The second kappa shape index (κ2) is 8.78. The number of hydrogen-bond donors (Lipinski definition) is 0. The quantitative estimate of drug-likeness (QED) is 0.680. The molecular formula is C16H14Fe. The number of hydrogen-bond acceptors (Lipinski definition) is 0. The van der Waals surface area contributed by atoms with Crippen molar-refractivity contribution < 1.29 is 17.1 Å². The normalized spacial score (nSPS) is 19.3. The van der Waals surface area contributed by atoms with Crippen molar-refractivity contribution in [3.8, 4) is 0 Å². The monoisotopic (exact) mass is 262 g/mol. The van der Waals surface area contributed by atoms with Crippen molar-refractivity contribution in [2.24, 2.45) is 0 Å². The van der Waals surface area contributed by atoms with Crippen LogP contribution in [-0.2, 0) is 17.1 Å². The van der Waals surface area contributed by atoms with Gasteiger partial charge in [-0.15, -0.1) is 0 Å². The maximum atomic E-state index is 2.12. The van der Waals surface area contributed by atoms with Crippen molar-refractivity contribution in [3.63, 3.8) is 0 Å². The van der Waals surface area contributed by atoms with E-state index in [-0.39, 0.29) is 17.1 Å². The van der Waals surface area contributed by atoms with Gasteiger partial charge in [-0.3, -0.25) is 0 Å². The largest absolute Gasteiger partial charge is 0.0622 e. The Balaban J connectivity index is 0.000000205. The average molecular weight is 262 g/mol. The van der Waals surface area contributed by atoms with Crippen molar-refractivity contribution >= 4 is 0 Å². The molecule has 0 spiro atoms. The predicted molar refractivity (Wildman–Crippen MR) is 67.5 cm³/mol. The van der Waals surface area contributed by atoms with Gasteiger partial charge in [0.2, 0.25) is 0 Å². The minimum atomic E-state index is 0. The van der Waals surface area contributed by atoms with Crippen LogP contribution in [0.1, 0.15) is 5.56 Å². The topological polar surface area (TPSA) is 0 Å². The molecular weight excluding hydrogens is 248 g/mol. The second-order valence-corrected chi connectivity index (χ2v) is 3.50. The minimum absolute atomic E-state index is 0. The van der Waals surface area contributed by atoms with E-state index in [4.69, 9.17) is 0 Å². The van der Waals surface area contributed by atoms with Crippen LogP contribution in [0.4, 0.5) is 0 Å². The Kier molecular flexibility index (Phi) is 7.64. The summed E-state index contributed by atoms with van der Waals surface area (Å²) in [5.74, 6) is 1.30. The van der Waals surface area contributed by atoms with Crippen LogP contribution in [0.25, 0.3) is 0 Å². The molecule has 0 heterocycles. The van der Waals surface area contributed by atoms with Gasteiger partial charge in [-0.25, -0.2) is 0 Å². The molecule has 3 rings (SSSR count).